The molecule has 3 rings (SSSR count). The smallest absolute Gasteiger partial charge is 0.325 e. The summed E-state index contributed by atoms with van der Waals surface area (Å²) < 4.78 is 31.1. The molecule has 2 heterocycles. The predicted octanol–water partition coefficient (Wildman–Crippen LogP) is -0.498. The van der Waals surface area contributed by atoms with Crippen molar-refractivity contribution in [2.45, 2.75) is 17.1 Å². The molecule has 0 radical (unpaired) electrons. The van der Waals surface area contributed by atoms with E-state index in [1.807, 2.05) is 0 Å². The average molecular weight is 338 g/mol. The van der Waals surface area contributed by atoms with Crippen LogP contribution in [0.3, 0.4) is 0 Å². The second-order valence-corrected chi connectivity index (χ2v) is 6.75. The summed E-state index contributed by atoms with van der Waals surface area (Å²) in [6.07, 6.45) is -0.641. The van der Waals surface area contributed by atoms with Gasteiger partial charge in [0.05, 0.1) is 4.90 Å². The first-order valence-electron chi connectivity index (χ1n) is 6.66. The van der Waals surface area contributed by atoms with Crippen LogP contribution in [-0.4, -0.2) is 66.8 Å². The number of urea groups is 1. The van der Waals surface area contributed by atoms with Crippen molar-refractivity contribution < 1.29 is 22.6 Å². The third-order valence-electron chi connectivity index (χ3n) is 3.91. The molecule has 0 spiro atoms. The van der Waals surface area contributed by atoms with E-state index in [2.05, 4.69) is 10.3 Å². The number of aliphatic imine (C=N–C) groups is 1. The van der Waals surface area contributed by atoms with Crippen LogP contribution in [0.2, 0.25) is 0 Å². The lowest BCUT2D eigenvalue weighted by atomic mass is 10.1. The minimum atomic E-state index is -4.27. The number of hydrogen-bond donors (Lipinski definition) is 2. The maximum atomic E-state index is 12.0. The molecule has 1 aromatic rings. The number of likely N-dealkylation sites (N-methyl/N-ethyl adjacent to an activating group) is 2. The lowest BCUT2D eigenvalue weighted by Crippen LogP contribution is -2.63. The largest absolute Gasteiger partial charge is 0.344 e. The number of fused-ring (bicyclic) bond motifs is 1. The lowest BCUT2D eigenvalue weighted by Gasteiger charge is -2.34. The number of nitrogens with one attached hydrogen (secondary N) is 1. The van der Waals surface area contributed by atoms with Crippen LogP contribution in [0.15, 0.2) is 34.2 Å². The van der Waals surface area contributed by atoms with Crippen molar-refractivity contribution in [1.29, 1.82) is 0 Å². The fraction of sp³-hybridized carbons (Fsp3) is 0.308. The summed E-state index contributed by atoms with van der Waals surface area (Å²) >= 11 is 0. The van der Waals surface area contributed by atoms with Crippen LogP contribution >= 0.6 is 0 Å². The Morgan fingerprint density at radius 2 is 1.74 bits per heavy atom. The van der Waals surface area contributed by atoms with Gasteiger partial charge in [0, 0.05) is 19.7 Å². The number of amides is 3. The zero-order valence-corrected chi connectivity index (χ0v) is 13.1. The molecular weight excluding hydrogens is 324 g/mol. The van der Waals surface area contributed by atoms with Crippen molar-refractivity contribution in [3.63, 3.8) is 0 Å². The molecule has 1 fully saturated rings. The third-order valence-corrected chi connectivity index (χ3v) is 4.78. The molecule has 0 saturated carbocycles. The van der Waals surface area contributed by atoms with Crippen LogP contribution in [0.25, 0.3) is 0 Å². The van der Waals surface area contributed by atoms with E-state index in [1.165, 1.54) is 29.2 Å². The summed E-state index contributed by atoms with van der Waals surface area (Å²) in [6.45, 7) is 0. The highest BCUT2D eigenvalue weighted by Gasteiger charge is 2.47. The second kappa shape index (κ2) is 5.03. The van der Waals surface area contributed by atoms with Crippen molar-refractivity contribution in [2.24, 2.45) is 4.99 Å². The molecular formula is C13H14N4O5S. The number of carbonyl (C=O) groups is 2. The van der Waals surface area contributed by atoms with E-state index in [0.29, 0.717) is 11.4 Å². The third kappa shape index (κ3) is 2.45. The van der Waals surface area contributed by atoms with Crippen molar-refractivity contribution in [3.05, 3.63) is 29.8 Å². The van der Waals surface area contributed by atoms with E-state index in [4.69, 9.17) is 4.55 Å². The molecule has 2 aliphatic rings. The first-order chi connectivity index (χ1) is 10.7. The summed E-state index contributed by atoms with van der Waals surface area (Å²) in [5, 5.41) is 2.25. The van der Waals surface area contributed by atoms with Gasteiger partial charge in [-0.3, -0.25) is 14.7 Å². The van der Waals surface area contributed by atoms with E-state index in [-0.39, 0.29) is 4.90 Å². The van der Waals surface area contributed by atoms with Gasteiger partial charge < -0.3 is 9.80 Å². The summed E-state index contributed by atoms with van der Waals surface area (Å²) in [6, 6.07) is 4.30. The minimum Gasteiger partial charge on any atom is -0.344 e. The van der Waals surface area contributed by atoms with Crippen molar-refractivity contribution in [2.75, 3.05) is 14.1 Å². The lowest BCUT2D eigenvalue weighted by molar-refractivity contribution is -0.126. The molecule has 23 heavy (non-hydrogen) atoms. The fourth-order valence-corrected chi connectivity index (χ4v) is 3.15. The van der Waals surface area contributed by atoms with Crippen LogP contribution in [0.5, 0.6) is 0 Å². The van der Waals surface area contributed by atoms with Gasteiger partial charge in [-0.2, -0.15) is 8.42 Å². The molecule has 122 valence electrons. The van der Waals surface area contributed by atoms with Crippen molar-refractivity contribution in [1.82, 2.24) is 15.1 Å². The Balaban J connectivity index is 1.97. The van der Waals surface area contributed by atoms with E-state index < -0.39 is 34.3 Å². The Labute approximate surface area is 132 Å². The van der Waals surface area contributed by atoms with E-state index in [9.17, 15) is 18.0 Å². The van der Waals surface area contributed by atoms with Gasteiger partial charge in [-0.25, -0.2) is 9.79 Å². The van der Waals surface area contributed by atoms with Crippen LogP contribution in [0.4, 0.5) is 4.79 Å². The standard InChI is InChI=1S/C13H14N4O5S/c1-16-9-11(17(2)13(19)15-12(9)18)14-10(16)7-3-5-8(6-4-7)23(20,21)22/h3-6,9,11H,1-2H3,(H,15,18,19)(H,20,21,22). The summed E-state index contributed by atoms with van der Waals surface area (Å²) in [7, 11) is -1.06. The molecule has 10 heteroatoms. The molecule has 2 aliphatic heterocycles. The minimum absolute atomic E-state index is 0.232. The van der Waals surface area contributed by atoms with Crippen LogP contribution in [-0.2, 0) is 14.9 Å². The van der Waals surface area contributed by atoms with Gasteiger partial charge in [0.15, 0.2) is 12.2 Å². The normalized spacial score (nSPS) is 24.4. The molecule has 2 atom stereocenters. The number of benzene rings is 1. The van der Waals surface area contributed by atoms with E-state index in [1.54, 1.807) is 19.0 Å². The Morgan fingerprint density at radius 3 is 2.30 bits per heavy atom. The van der Waals surface area contributed by atoms with E-state index in [0.717, 1.165) is 0 Å². The molecule has 1 saturated heterocycles. The number of rotatable bonds is 2. The highest BCUT2D eigenvalue weighted by Crippen LogP contribution is 2.25. The van der Waals surface area contributed by atoms with Gasteiger partial charge in [0.2, 0.25) is 0 Å². The Morgan fingerprint density at radius 1 is 1.13 bits per heavy atom. The van der Waals surface area contributed by atoms with Crippen molar-refractivity contribution in [3.8, 4) is 0 Å². The topological polar surface area (TPSA) is 119 Å². The fourth-order valence-electron chi connectivity index (χ4n) is 2.67. The van der Waals surface area contributed by atoms with Gasteiger partial charge in [-0.15, -0.1) is 0 Å². The molecule has 0 bridgehead atoms. The zero-order chi connectivity index (χ0) is 16.9. The Bertz CT molecular complexity index is 817. The highest BCUT2D eigenvalue weighted by atomic mass is 32.2. The van der Waals surface area contributed by atoms with Crippen LogP contribution < -0.4 is 5.32 Å². The zero-order valence-electron chi connectivity index (χ0n) is 12.3. The Hall–Kier alpha value is -2.46. The predicted molar refractivity (Wildman–Crippen MR) is 79.4 cm³/mol. The van der Waals surface area contributed by atoms with Crippen LogP contribution in [0, 0.1) is 0 Å². The molecule has 0 aromatic heterocycles. The van der Waals surface area contributed by atoms with Crippen molar-refractivity contribution >= 4 is 27.9 Å². The van der Waals surface area contributed by atoms with Gasteiger partial charge in [-0.1, -0.05) is 0 Å². The number of carbonyl (C=O) groups excluding carboxylic acids is 2. The SMILES string of the molecule is CN1C(=O)NC(=O)C2C1N=C(c1ccc(S(=O)(=O)O)cc1)N2C. The summed E-state index contributed by atoms with van der Waals surface area (Å²) in [5.41, 5.74) is 0.572. The van der Waals surface area contributed by atoms with Gasteiger partial charge in [0.1, 0.15) is 5.84 Å². The summed E-state index contributed by atoms with van der Waals surface area (Å²) in [5.74, 6) is 0.0208. The summed E-state index contributed by atoms with van der Waals surface area (Å²) in [4.78, 5) is 30.8. The number of nitrogens with zero attached hydrogens (tertiary/aromatic N) is 3. The first-order valence-corrected chi connectivity index (χ1v) is 8.10. The van der Waals surface area contributed by atoms with Gasteiger partial charge in [0.25, 0.3) is 16.0 Å². The second-order valence-electron chi connectivity index (χ2n) is 5.33. The van der Waals surface area contributed by atoms with Gasteiger partial charge >= 0.3 is 6.03 Å². The molecule has 1 aromatic carbocycles. The maximum Gasteiger partial charge on any atom is 0.325 e. The van der Waals surface area contributed by atoms with Gasteiger partial charge in [-0.05, 0) is 24.3 Å². The first kappa shape index (κ1) is 15.4. The molecule has 9 nitrogen and oxygen atoms in total. The molecule has 3 amide bonds. The number of amidine groups is 1. The quantitative estimate of drug-likeness (QED) is 0.702. The monoisotopic (exact) mass is 338 g/mol. The Kier molecular flexibility index (Phi) is 3.38. The molecule has 2 N–H and O–H groups in total. The number of hydrogen-bond acceptors (Lipinski definition) is 6. The molecule has 2 unspecified atom stereocenters. The maximum absolute atomic E-state index is 12.0. The average Bonchev–Trinajstić information content (AvgIpc) is 2.82. The molecule has 0 aliphatic carbocycles. The number of imide groups is 1. The van der Waals surface area contributed by atoms with Crippen LogP contribution in [0.1, 0.15) is 5.56 Å². The van der Waals surface area contributed by atoms with E-state index >= 15 is 0 Å². The highest BCUT2D eigenvalue weighted by molar-refractivity contribution is 7.85.